The lowest BCUT2D eigenvalue weighted by atomic mass is 10.00. The predicted octanol–water partition coefficient (Wildman–Crippen LogP) is 5.46. The van der Waals surface area contributed by atoms with Crippen molar-refractivity contribution in [3.63, 3.8) is 0 Å². The van der Waals surface area contributed by atoms with Gasteiger partial charge in [-0.3, -0.25) is 9.59 Å². The van der Waals surface area contributed by atoms with Crippen molar-refractivity contribution in [3.05, 3.63) is 71.0 Å². The molecule has 0 heterocycles. The van der Waals surface area contributed by atoms with E-state index in [1.54, 1.807) is 17.0 Å². The van der Waals surface area contributed by atoms with Crippen LogP contribution in [-0.2, 0) is 22.6 Å². The van der Waals surface area contributed by atoms with Crippen LogP contribution < -0.4 is 5.32 Å². The highest BCUT2D eigenvalue weighted by Gasteiger charge is 2.28. The van der Waals surface area contributed by atoms with E-state index in [1.807, 2.05) is 20.8 Å². The Kier molecular flexibility index (Phi) is 9.89. The van der Waals surface area contributed by atoms with Crippen LogP contribution in [0.15, 0.2) is 48.5 Å². The third-order valence-corrected chi connectivity index (χ3v) is 5.61. The molecule has 2 aromatic rings. The van der Waals surface area contributed by atoms with Gasteiger partial charge in [0.05, 0.1) is 0 Å². The number of amides is 2. The summed E-state index contributed by atoms with van der Waals surface area (Å²) in [5.74, 6) is 0.253. The van der Waals surface area contributed by atoms with Crippen LogP contribution >= 0.6 is 0 Å². The fourth-order valence-electron chi connectivity index (χ4n) is 3.59. The third kappa shape index (κ3) is 7.77. The Labute approximate surface area is 192 Å². The Morgan fingerprint density at radius 3 is 2.06 bits per heavy atom. The van der Waals surface area contributed by atoms with Gasteiger partial charge in [-0.05, 0) is 53.5 Å². The number of carbonyl (C=O) groups excluding carboxylic acids is 2. The van der Waals surface area contributed by atoms with Crippen molar-refractivity contribution in [2.24, 2.45) is 5.92 Å². The van der Waals surface area contributed by atoms with Gasteiger partial charge >= 0.3 is 0 Å². The minimum atomic E-state index is -0.561. The van der Waals surface area contributed by atoms with E-state index < -0.39 is 6.04 Å². The molecule has 2 rings (SSSR count). The Bertz CT molecular complexity index is 860. The molecular weight excluding hydrogens is 403 g/mol. The standard InChI is InChI=1S/C27H37FN2O2/c1-6-25(27(32)29-17-19(2)3)30(18-22-9-14-24(28)15-10-22)26(31)16-11-21-7-12-23(13-8-21)20(4)5/h7-10,12-15,19-20,25H,6,11,16-18H2,1-5H3,(H,29,32). The van der Waals surface area contributed by atoms with E-state index in [-0.39, 0.29) is 24.2 Å². The van der Waals surface area contributed by atoms with Gasteiger partial charge in [-0.1, -0.05) is 71.0 Å². The van der Waals surface area contributed by atoms with Crippen molar-refractivity contribution >= 4 is 11.8 Å². The molecule has 2 aromatic carbocycles. The molecule has 0 spiro atoms. The number of hydrogen-bond acceptors (Lipinski definition) is 2. The number of nitrogens with zero attached hydrogens (tertiary/aromatic N) is 1. The first kappa shape index (κ1) is 25.6. The minimum Gasteiger partial charge on any atom is -0.354 e. The van der Waals surface area contributed by atoms with Crippen LogP contribution in [0.5, 0.6) is 0 Å². The smallest absolute Gasteiger partial charge is 0.242 e. The highest BCUT2D eigenvalue weighted by Crippen LogP contribution is 2.18. The van der Waals surface area contributed by atoms with E-state index in [1.165, 1.54) is 17.7 Å². The number of nitrogens with one attached hydrogen (secondary N) is 1. The largest absolute Gasteiger partial charge is 0.354 e. The average Bonchev–Trinajstić information content (AvgIpc) is 2.77. The third-order valence-electron chi connectivity index (χ3n) is 5.61. The zero-order valence-corrected chi connectivity index (χ0v) is 20.0. The fourth-order valence-corrected chi connectivity index (χ4v) is 3.59. The second kappa shape index (κ2) is 12.4. The summed E-state index contributed by atoms with van der Waals surface area (Å²) >= 11 is 0. The molecule has 0 aliphatic carbocycles. The molecule has 4 nitrogen and oxygen atoms in total. The monoisotopic (exact) mass is 440 g/mol. The Morgan fingerprint density at radius 1 is 0.938 bits per heavy atom. The zero-order valence-electron chi connectivity index (χ0n) is 20.0. The normalized spacial score (nSPS) is 12.1. The molecule has 0 saturated carbocycles. The van der Waals surface area contributed by atoms with E-state index in [4.69, 9.17) is 0 Å². The maximum absolute atomic E-state index is 13.4. The van der Waals surface area contributed by atoms with E-state index in [0.717, 1.165) is 11.1 Å². The van der Waals surface area contributed by atoms with Crippen molar-refractivity contribution in [2.75, 3.05) is 6.54 Å². The lowest BCUT2D eigenvalue weighted by Crippen LogP contribution is -2.49. The summed E-state index contributed by atoms with van der Waals surface area (Å²) in [6.07, 6.45) is 1.44. The number of halogens is 1. The molecule has 1 unspecified atom stereocenters. The molecule has 0 fully saturated rings. The highest BCUT2D eigenvalue weighted by molar-refractivity contribution is 5.87. The van der Waals surface area contributed by atoms with Gasteiger partial charge in [0.1, 0.15) is 11.9 Å². The van der Waals surface area contributed by atoms with E-state index >= 15 is 0 Å². The van der Waals surface area contributed by atoms with Crippen molar-refractivity contribution in [2.45, 2.75) is 72.4 Å². The van der Waals surface area contributed by atoms with E-state index in [0.29, 0.717) is 37.6 Å². The van der Waals surface area contributed by atoms with Crippen LogP contribution in [0.25, 0.3) is 0 Å². The number of benzene rings is 2. The molecule has 0 bridgehead atoms. The first-order valence-corrected chi connectivity index (χ1v) is 11.6. The summed E-state index contributed by atoms with van der Waals surface area (Å²) in [5, 5.41) is 2.96. The van der Waals surface area contributed by atoms with Crippen molar-refractivity contribution < 1.29 is 14.0 Å². The Balaban J connectivity index is 2.16. The SMILES string of the molecule is CCC(C(=O)NCC(C)C)N(Cc1ccc(F)cc1)C(=O)CCc1ccc(C(C)C)cc1. The first-order chi connectivity index (χ1) is 15.2. The summed E-state index contributed by atoms with van der Waals surface area (Å²) in [5.41, 5.74) is 3.17. The lowest BCUT2D eigenvalue weighted by Gasteiger charge is -2.31. The van der Waals surface area contributed by atoms with Crippen molar-refractivity contribution in [1.29, 1.82) is 0 Å². The quantitative estimate of drug-likeness (QED) is 0.504. The maximum Gasteiger partial charge on any atom is 0.242 e. The van der Waals surface area contributed by atoms with Crippen LogP contribution in [0.3, 0.4) is 0 Å². The molecule has 1 atom stereocenters. The highest BCUT2D eigenvalue weighted by atomic mass is 19.1. The zero-order chi connectivity index (χ0) is 23.7. The molecular formula is C27H37FN2O2. The Hall–Kier alpha value is -2.69. The molecule has 0 aliphatic rings. The molecule has 174 valence electrons. The van der Waals surface area contributed by atoms with Gasteiger partial charge < -0.3 is 10.2 Å². The van der Waals surface area contributed by atoms with Crippen LogP contribution in [-0.4, -0.2) is 29.3 Å². The number of rotatable bonds is 11. The fraction of sp³-hybridized carbons (Fsp3) is 0.481. The van der Waals surface area contributed by atoms with Gasteiger partial charge in [-0.15, -0.1) is 0 Å². The molecule has 0 radical (unpaired) electrons. The van der Waals surface area contributed by atoms with Crippen LogP contribution in [0.4, 0.5) is 4.39 Å². The van der Waals surface area contributed by atoms with E-state index in [9.17, 15) is 14.0 Å². The molecule has 0 aromatic heterocycles. The lowest BCUT2D eigenvalue weighted by molar-refractivity contribution is -0.141. The van der Waals surface area contributed by atoms with E-state index in [2.05, 4.69) is 43.4 Å². The number of aryl methyl sites for hydroxylation is 1. The van der Waals surface area contributed by atoms with Gasteiger partial charge in [-0.25, -0.2) is 4.39 Å². The summed E-state index contributed by atoms with van der Waals surface area (Å²) in [7, 11) is 0. The van der Waals surface area contributed by atoms with Gasteiger partial charge in [-0.2, -0.15) is 0 Å². The van der Waals surface area contributed by atoms with Gasteiger partial charge in [0.2, 0.25) is 11.8 Å². The summed E-state index contributed by atoms with van der Waals surface area (Å²) in [4.78, 5) is 27.8. The topological polar surface area (TPSA) is 49.4 Å². The maximum atomic E-state index is 13.4. The Morgan fingerprint density at radius 2 is 1.53 bits per heavy atom. The molecule has 32 heavy (non-hydrogen) atoms. The number of hydrogen-bond donors (Lipinski definition) is 1. The second-order valence-corrected chi connectivity index (χ2v) is 9.11. The van der Waals surface area contributed by atoms with Crippen molar-refractivity contribution in [1.82, 2.24) is 10.2 Å². The van der Waals surface area contributed by atoms with Gasteiger partial charge in [0, 0.05) is 19.5 Å². The van der Waals surface area contributed by atoms with Crippen molar-refractivity contribution in [3.8, 4) is 0 Å². The predicted molar refractivity (Wildman–Crippen MR) is 128 cm³/mol. The van der Waals surface area contributed by atoms with Crippen LogP contribution in [0, 0.1) is 11.7 Å². The summed E-state index contributed by atoms with van der Waals surface area (Å²) in [6.45, 7) is 11.1. The molecule has 1 N–H and O–H groups in total. The minimum absolute atomic E-state index is 0.0752. The molecule has 2 amide bonds. The first-order valence-electron chi connectivity index (χ1n) is 11.6. The molecule has 0 aliphatic heterocycles. The molecule has 5 heteroatoms. The number of carbonyl (C=O) groups is 2. The van der Waals surface area contributed by atoms with Gasteiger partial charge in [0.15, 0.2) is 0 Å². The summed E-state index contributed by atoms with van der Waals surface area (Å²) < 4.78 is 13.4. The van der Waals surface area contributed by atoms with Crippen LogP contribution in [0.1, 0.15) is 70.1 Å². The summed E-state index contributed by atoms with van der Waals surface area (Å²) in [6, 6.07) is 13.9. The van der Waals surface area contributed by atoms with Gasteiger partial charge in [0.25, 0.3) is 0 Å². The van der Waals surface area contributed by atoms with Crippen LogP contribution in [0.2, 0.25) is 0 Å². The average molecular weight is 441 g/mol. The second-order valence-electron chi connectivity index (χ2n) is 9.11. The molecule has 0 saturated heterocycles.